The van der Waals surface area contributed by atoms with Crippen LogP contribution in [0.15, 0.2) is 42.5 Å². The molecular weight excluding hydrogens is 413 g/mol. The molecule has 2 aromatic rings. The number of benzene rings is 2. The third-order valence-electron chi connectivity index (χ3n) is 4.94. The summed E-state index contributed by atoms with van der Waals surface area (Å²) in [4.78, 5) is 11.5. The highest BCUT2D eigenvalue weighted by molar-refractivity contribution is 6.30. The molecule has 0 aromatic heterocycles. The predicted molar refractivity (Wildman–Crippen MR) is 116 cm³/mol. The van der Waals surface area contributed by atoms with Crippen LogP contribution in [-0.2, 0) is 22.4 Å². The first-order valence-electron chi connectivity index (χ1n) is 9.61. The smallest absolute Gasteiger partial charge is 0.344 e. The molecule has 0 spiro atoms. The van der Waals surface area contributed by atoms with E-state index in [-0.39, 0.29) is 43.7 Å². The highest BCUT2D eigenvalue weighted by atomic mass is 35.5. The Morgan fingerprint density at radius 2 is 2.10 bits per heavy atom. The van der Waals surface area contributed by atoms with Crippen molar-refractivity contribution in [2.75, 3.05) is 19.8 Å². The molecule has 29 heavy (non-hydrogen) atoms. The van der Waals surface area contributed by atoms with E-state index in [0.29, 0.717) is 17.4 Å². The average Bonchev–Trinajstić information content (AvgIpc) is 2.70. The summed E-state index contributed by atoms with van der Waals surface area (Å²) in [6, 6.07) is 13.6. The van der Waals surface area contributed by atoms with Gasteiger partial charge in [0.2, 0.25) is 0 Å². The Kier molecular flexibility index (Phi) is 9.24. The molecule has 0 saturated heterocycles. The first-order chi connectivity index (χ1) is 13.6. The van der Waals surface area contributed by atoms with Crippen LogP contribution in [-0.4, -0.2) is 36.9 Å². The summed E-state index contributed by atoms with van der Waals surface area (Å²) in [5.74, 6) is 0.299. The average molecular weight is 440 g/mol. The SMILES string of the molecule is CCOC(=O)COc1ccc2c(c1)C[C@@H](NC(CO)c1cccc(Cl)c1)CC2.Cl. The van der Waals surface area contributed by atoms with Gasteiger partial charge in [0.05, 0.1) is 19.3 Å². The Bertz CT molecular complexity index is 815. The summed E-state index contributed by atoms with van der Waals surface area (Å²) in [6.45, 7) is 2.04. The predicted octanol–water partition coefficient (Wildman–Crippen LogP) is 3.88. The van der Waals surface area contributed by atoms with Crippen molar-refractivity contribution in [2.45, 2.75) is 38.3 Å². The number of aliphatic hydroxyl groups is 1. The number of aryl methyl sites for hydroxylation is 1. The number of hydrogen-bond donors (Lipinski definition) is 2. The number of aliphatic hydroxyl groups excluding tert-OH is 1. The lowest BCUT2D eigenvalue weighted by molar-refractivity contribution is -0.145. The fraction of sp³-hybridized carbons (Fsp3) is 0.409. The van der Waals surface area contributed by atoms with Gasteiger partial charge in [-0.25, -0.2) is 4.79 Å². The molecular formula is C22H27Cl2NO4. The van der Waals surface area contributed by atoms with Crippen LogP contribution >= 0.6 is 24.0 Å². The summed E-state index contributed by atoms with van der Waals surface area (Å²) in [6.07, 6.45) is 2.79. The highest BCUT2D eigenvalue weighted by Gasteiger charge is 2.22. The number of ether oxygens (including phenoxy) is 2. The van der Waals surface area contributed by atoms with E-state index in [2.05, 4.69) is 11.4 Å². The normalized spacial score (nSPS) is 16.3. The molecule has 0 aliphatic heterocycles. The van der Waals surface area contributed by atoms with E-state index in [1.165, 1.54) is 11.1 Å². The maximum absolute atomic E-state index is 11.5. The van der Waals surface area contributed by atoms with Crippen LogP contribution in [0.1, 0.15) is 36.1 Å². The minimum absolute atomic E-state index is 0. The van der Waals surface area contributed by atoms with Gasteiger partial charge in [-0.1, -0.05) is 29.8 Å². The molecule has 0 bridgehead atoms. The number of hydrogen-bond acceptors (Lipinski definition) is 5. The molecule has 1 aliphatic carbocycles. The first-order valence-corrected chi connectivity index (χ1v) is 9.99. The molecule has 1 unspecified atom stereocenters. The Morgan fingerprint density at radius 1 is 1.28 bits per heavy atom. The first kappa shape index (κ1) is 23.5. The minimum Gasteiger partial charge on any atom is -0.482 e. The lowest BCUT2D eigenvalue weighted by Gasteiger charge is -2.29. The van der Waals surface area contributed by atoms with Gasteiger partial charge in [-0.05, 0) is 67.1 Å². The molecule has 158 valence electrons. The largest absolute Gasteiger partial charge is 0.482 e. The number of rotatable bonds is 8. The zero-order valence-electron chi connectivity index (χ0n) is 16.4. The van der Waals surface area contributed by atoms with Gasteiger partial charge in [-0.15, -0.1) is 12.4 Å². The molecule has 0 amide bonds. The third-order valence-corrected chi connectivity index (χ3v) is 5.17. The van der Waals surface area contributed by atoms with Crippen LogP contribution in [0.4, 0.5) is 0 Å². The molecule has 2 atom stereocenters. The molecule has 3 rings (SSSR count). The summed E-state index contributed by atoms with van der Waals surface area (Å²) >= 11 is 6.09. The van der Waals surface area contributed by atoms with Crippen molar-refractivity contribution in [1.82, 2.24) is 5.32 Å². The number of fused-ring (bicyclic) bond motifs is 1. The van der Waals surface area contributed by atoms with Gasteiger partial charge in [0.1, 0.15) is 5.75 Å². The maximum atomic E-state index is 11.5. The van der Waals surface area contributed by atoms with Crippen molar-refractivity contribution < 1.29 is 19.4 Å². The van der Waals surface area contributed by atoms with E-state index in [0.717, 1.165) is 24.8 Å². The molecule has 2 N–H and O–H groups in total. The van der Waals surface area contributed by atoms with Crippen molar-refractivity contribution in [3.05, 3.63) is 64.2 Å². The quantitative estimate of drug-likeness (QED) is 0.610. The topological polar surface area (TPSA) is 67.8 Å². The summed E-state index contributed by atoms with van der Waals surface area (Å²) in [7, 11) is 0. The van der Waals surface area contributed by atoms with Gasteiger partial charge in [0, 0.05) is 11.1 Å². The standard InChI is InChI=1S/C22H26ClNO4.ClH/c1-2-27-22(26)14-28-20-9-7-15-6-8-19(11-17(15)12-20)24-21(13-25)16-4-3-5-18(23)10-16;/h3-5,7,9-10,12,19,21,24-25H,2,6,8,11,13-14H2,1H3;1H/t19-,21?;/m0./s1. The minimum atomic E-state index is -0.368. The molecule has 2 aromatic carbocycles. The second-order valence-electron chi connectivity index (χ2n) is 6.92. The zero-order valence-corrected chi connectivity index (χ0v) is 18.0. The van der Waals surface area contributed by atoms with Crippen LogP contribution in [0.5, 0.6) is 5.75 Å². The zero-order chi connectivity index (χ0) is 19.9. The number of carbonyl (C=O) groups is 1. The Hall–Kier alpha value is -1.79. The molecule has 0 saturated carbocycles. The maximum Gasteiger partial charge on any atom is 0.344 e. The fourth-order valence-corrected chi connectivity index (χ4v) is 3.77. The van der Waals surface area contributed by atoms with Crippen molar-refractivity contribution in [3.8, 4) is 5.75 Å². The Labute approximate surface area is 182 Å². The van der Waals surface area contributed by atoms with Crippen LogP contribution < -0.4 is 10.1 Å². The van der Waals surface area contributed by atoms with Gasteiger partial charge in [-0.3, -0.25) is 0 Å². The fourth-order valence-electron chi connectivity index (χ4n) is 3.57. The third kappa shape index (κ3) is 6.61. The molecule has 1 aliphatic rings. The number of nitrogens with one attached hydrogen (secondary N) is 1. The van der Waals surface area contributed by atoms with Gasteiger partial charge in [-0.2, -0.15) is 0 Å². The van der Waals surface area contributed by atoms with Crippen LogP contribution in [0.25, 0.3) is 0 Å². The van der Waals surface area contributed by atoms with Crippen LogP contribution in [0, 0.1) is 0 Å². The molecule has 0 radical (unpaired) electrons. The van der Waals surface area contributed by atoms with Gasteiger partial charge in [0.25, 0.3) is 0 Å². The van der Waals surface area contributed by atoms with Gasteiger partial charge in [0.15, 0.2) is 6.61 Å². The van der Waals surface area contributed by atoms with Crippen molar-refractivity contribution in [1.29, 1.82) is 0 Å². The van der Waals surface area contributed by atoms with E-state index in [1.807, 2.05) is 36.4 Å². The van der Waals surface area contributed by atoms with Crippen molar-refractivity contribution in [2.24, 2.45) is 0 Å². The lowest BCUT2D eigenvalue weighted by atomic mass is 9.87. The van der Waals surface area contributed by atoms with Crippen LogP contribution in [0.3, 0.4) is 0 Å². The molecule has 5 nitrogen and oxygen atoms in total. The monoisotopic (exact) mass is 439 g/mol. The van der Waals surface area contributed by atoms with Gasteiger partial charge < -0.3 is 19.9 Å². The van der Waals surface area contributed by atoms with Crippen molar-refractivity contribution in [3.63, 3.8) is 0 Å². The molecule has 7 heteroatoms. The summed E-state index contributed by atoms with van der Waals surface area (Å²) < 4.78 is 10.4. The summed E-state index contributed by atoms with van der Waals surface area (Å²) in [5, 5.41) is 14.1. The van der Waals surface area contributed by atoms with E-state index >= 15 is 0 Å². The van der Waals surface area contributed by atoms with E-state index in [1.54, 1.807) is 6.92 Å². The number of carbonyl (C=O) groups excluding carboxylic acids is 1. The molecule has 0 fully saturated rings. The Morgan fingerprint density at radius 3 is 2.83 bits per heavy atom. The Balaban J connectivity index is 0.00000300. The van der Waals surface area contributed by atoms with E-state index in [9.17, 15) is 9.90 Å². The second kappa shape index (κ2) is 11.4. The van der Waals surface area contributed by atoms with Crippen LogP contribution in [0.2, 0.25) is 5.02 Å². The molecule has 0 heterocycles. The lowest BCUT2D eigenvalue weighted by Crippen LogP contribution is -2.38. The van der Waals surface area contributed by atoms with E-state index < -0.39 is 0 Å². The number of halogens is 2. The van der Waals surface area contributed by atoms with Crippen molar-refractivity contribution >= 4 is 30.0 Å². The summed E-state index contributed by atoms with van der Waals surface area (Å²) in [5.41, 5.74) is 3.48. The number of esters is 1. The highest BCUT2D eigenvalue weighted by Crippen LogP contribution is 2.27. The second-order valence-corrected chi connectivity index (χ2v) is 7.36. The van der Waals surface area contributed by atoms with Gasteiger partial charge >= 0.3 is 5.97 Å². The van der Waals surface area contributed by atoms with E-state index in [4.69, 9.17) is 21.1 Å².